The molecule has 0 amide bonds. The molecule has 0 radical (unpaired) electrons. The minimum absolute atomic E-state index is 0.0826. The second-order valence-electron chi connectivity index (χ2n) is 4.93. The van der Waals surface area contributed by atoms with Gasteiger partial charge in [0, 0.05) is 5.39 Å². The van der Waals surface area contributed by atoms with Crippen molar-refractivity contribution in [3.8, 4) is 0 Å². The van der Waals surface area contributed by atoms with Gasteiger partial charge in [-0.25, -0.2) is 0 Å². The van der Waals surface area contributed by atoms with Gasteiger partial charge in [0.25, 0.3) is 0 Å². The molecule has 2 heterocycles. The Hall–Kier alpha value is -2.26. The lowest BCUT2D eigenvalue weighted by Gasteiger charge is -2.15. The fourth-order valence-corrected chi connectivity index (χ4v) is 2.84. The summed E-state index contributed by atoms with van der Waals surface area (Å²) in [6.45, 7) is 0. The van der Waals surface area contributed by atoms with Crippen LogP contribution in [0.2, 0.25) is 0 Å². The number of aromatic nitrogens is 1. The third kappa shape index (κ3) is 1.48. The average Bonchev–Trinajstić information content (AvgIpc) is 2.98. The predicted molar refractivity (Wildman–Crippen MR) is 75.4 cm³/mol. The summed E-state index contributed by atoms with van der Waals surface area (Å²) < 4.78 is 2.00. The number of benzene rings is 2. The normalized spacial score (nSPS) is 21.3. The van der Waals surface area contributed by atoms with Crippen molar-refractivity contribution in [2.75, 3.05) is 5.43 Å². The summed E-state index contributed by atoms with van der Waals surface area (Å²) in [5, 5.41) is 11.7. The summed E-state index contributed by atoms with van der Waals surface area (Å²) in [5.41, 5.74) is 6.52. The zero-order valence-electron chi connectivity index (χ0n) is 10.3. The van der Waals surface area contributed by atoms with Gasteiger partial charge in [-0.1, -0.05) is 48.5 Å². The maximum Gasteiger partial charge on any atom is 0.122 e. The first-order chi connectivity index (χ1) is 9.34. The summed E-state index contributed by atoms with van der Waals surface area (Å²) in [5.74, 6) is 0. The highest BCUT2D eigenvalue weighted by Crippen LogP contribution is 2.38. The number of hydrogen-bond donors (Lipinski definition) is 2. The van der Waals surface area contributed by atoms with Crippen LogP contribution in [0, 0.1) is 0 Å². The largest absolute Gasteiger partial charge is 0.384 e. The van der Waals surface area contributed by atoms with Gasteiger partial charge in [-0.15, -0.1) is 0 Å². The number of nitrogens with zero attached hydrogens (tertiary/aromatic N) is 1. The number of aliphatic hydroxyl groups excluding tert-OH is 1. The topological polar surface area (TPSA) is 37.2 Å². The number of nitrogens with one attached hydrogen (secondary N) is 1. The van der Waals surface area contributed by atoms with Crippen LogP contribution in [0.1, 0.15) is 23.4 Å². The first-order valence-corrected chi connectivity index (χ1v) is 6.44. The van der Waals surface area contributed by atoms with Crippen LogP contribution in [-0.4, -0.2) is 9.78 Å². The van der Waals surface area contributed by atoms with Crippen molar-refractivity contribution in [3.05, 3.63) is 71.9 Å². The van der Waals surface area contributed by atoms with Gasteiger partial charge in [0.1, 0.15) is 6.10 Å². The Morgan fingerprint density at radius 2 is 1.68 bits per heavy atom. The van der Waals surface area contributed by atoms with Crippen molar-refractivity contribution >= 4 is 10.9 Å². The molecule has 0 spiro atoms. The molecule has 0 bridgehead atoms. The number of fused-ring (bicyclic) bond motifs is 3. The van der Waals surface area contributed by atoms with E-state index >= 15 is 0 Å². The third-order valence-corrected chi connectivity index (χ3v) is 3.78. The summed E-state index contributed by atoms with van der Waals surface area (Å²) in [6.07, 6.45) is -0.519. The van der Waals surface area contributed by atoms with Crippen molar-refractivity contribution in [1.29, 1.82) is 0 Å². The van der Waals surface area contributed by atoms with E-state index in [2.05, 4.69) is 23.6 Å². The molecule has 4 rings (SSSR count). The Bertz CT molecular complexity index is 733. The van der Waals surface area contributed by atoms with E-state index in [9.17, 15) is 5.11 Å². The van der Waals surface area contributed by atoms with Gasteiger partial charge < -0.3 is 10.5 Å². The molecule has 0 fully saturated rings. The molecule has 3 aromatic rings. The van der Waals surface area contributed by atoms with E-state index in [4.69, 9.17) is 0 Å². The van der Waals surface area contributed by atoms with Gasteiger partial charge in [-0.05, 0) is 17.7 Å². The second-order valence-corrected chi connectivity index (χ2v) is 4.93. The number of para-hydroxylation sites is 1. The molecular formula is C16H14N2O. The Balaban J connectivity index is 1.82. The lowest BCUT2D eigenvalue weighted by atomic mass is 10.0. The van der Waals surface area contributed by atoms with Crippen molar-refractivity contribution in [1.82, 2.24) is 4.68 Å². The van der Waals surface area contributed by atoms with Gasteiger partial charge in [0.2, 0.25) is 0 Å². The van der Waals surface area contributed by atoms with E-state index in [0.717, 1.165) is 22.2 Å². The van der Waals surface area contributed by atoms with E-state index in [-0.39, 0.29) is 6.04 Å². The molecule has 3 nitrogen and oxygen atoms in total. The molecule has 94 valence electrons. The molecule has 0 saturated carbocycles. The number of aliphatic hydroxyl groups is 1. The first-order valence-electron chi connectivity index (χ1n) is 6.44. The van der Waals surface area contributed by atoms with Gasteiger partial charge in [-0.2, -0.15) is 0 Å². The Labute approximate surface area is 111 Å². The van der Waals surface area contributed by atoms with Crippen molar-refractivity contribution in [3.63, 3.8) is 0 Å². The van der Waals surface area contributed by atoms with Crippen LogP contribution in [0.15, 0.2) is 60.7 Å². The molecule has 0 unspecified atom stereocenters. The Kier molecular flexibility index (Phi) is 2.17. The van der Waals surface area contributed by atoms with E-state index < -0.39 is 6.10 Å². The third-order valence-electron chi connectivity index (χ3n) is 3.78. The van der Waals surface area contributed by atoms with E-state index in [1.807, 2.05) is 47.1 Å². The van der Waals surface area contributed by atoms with Gasteiger partial charge in [-0.3, -0.25) is 4.68 Å². The summed E-state index contributed by atoms with van der Waals surface area (Å²) >= 11 is 0. The molecular weight excluding hydrogens is 236 g/mol. The molecule has 0 aliphatic carbocycles. The van der Waals surface area contributed by atoms with E-state index in [0.29, 0.717) is 0 Å². The summed E-state index contributed by atoms with van der Waals surface area (Å²) in [6, 6.07) is 20.2. The van der Waals surface area contributed by atoms with Crippen molar-refractivity contribution < 1.29 is 5.11 Å². The van der Waals surface area contributed by atoms with Crippen LogP contribution in [0.4, 0.5) is 0 Å². The predicted octanol–water partition coefficient (Wildman–Crippen LogP) is 2.97. The molecule has 1 aromatic heterocycles. The number of hydrogen-bond acceptors (Lipinski definition) is 2. The minimum atomic E-state index is -0.519. The van der Waals surface area contributed by atoms with E-state index in [1.54, 1.807) is 0 Å². The summed E-state index contributed by atoms with van der Waals surface area (Å²) in [4.78, 5) is 0. The highest BCUT2D eigenvalue weighted by Gasteiger charge is 2.33. The molecule has 2 atom stereocenters. The Morgan fingerprint density at radius 3 is 2.53 bits per heavy atom. The minimum Gasteiger partial charge on any atom is -0.384 e. The maximum atomic E-state index is 10.5. The standard InChI is InChI=1S/C16H14N2O/c19-16-14-10-12-8-4-5-9-13(12)18(14)17-15(16)11-6-2-1-3-7-11/h1-10,15-17,19H/t15-,16+/m1/s1. The van der Waals surface area contributed by atoms with E-state index in [1.165, 1.54) is 0 Å². The zero-order chi connectivity index (χ0) is 12.8. The molecule has 0 saturated heterocycles. The van der Waals surface area contributed by atoms with Crippen LogP contribution in [0.25, 0.3) is 10.9 Å². The molecule has 19 heavy (non-hydrogen) atoms. The molecule has 3 heteroatoms. The fourth-order valence-electron chi connectivity index (χ4n) is 2.84. The molecule has 2 aromatic carbocycles. The van der Waals surface area contributed by atoms with Crippen LogP contribution >= 0.6 is 0 Å². The van der Waals surface area contributed by atoms with Crippen LogP contribution in [-0.2, 0) is 0 Å². The van der Waals surface area contributed by atoms with Crippen molar-refractivity contribution in [2.45, 2.75) is 12.1 Å². The fraction of sp³-hybridized carbons (Fsp3) is 0.125. The van der Waals surface area contributed by atoms with Gasteiger partial charge in [0.05, 0.1) is 17.3 Å². The van der Waals surface area contributed by atoms with Crippen LogP contribution in [0.3, 0.4) is 0 Å². The van der Waals surface area contributed by atoms with Gasteiger partial charge in [0.15, 0.2) is 0 Å². The average molecular weight is 250 g/mol. The van der Waals surface area contributed by atoms with Crippen molar-refractivity contribution in [2.24, 2.45) is 0 Å². The molecule has 2 N–H and O–H groups in total. The smallest absolute Gasteiger partial charge is 0.122 e. The lowest BCUT2D eigenvalue weighted by molar-refractivity contribution is 0.164. The number of rotatable bonds is 1. The highest BCUT2D eigenvalue weighted by molar-refractivity contribution is 5.82. The SMILES string of the molecule is O[C@H]1c2cc3ccccc3n2N[C@@H]1c1ccccc1. The van der Waals surface area contributed by atoms with Crippen LogP contribution < -0.4 is 5.43 Å². The van der Waals surface area contributed by atoms with Crippen LogP contribution in [0.5, 0.6) is 0 Å². The molecule has 1 aliphatic heterocycles. The maximum absolute atomic E-state index is 10.5. The highest BCUT2D eigenvalue weighted by atomic mass is 16.3. The monoisotopic (exact) mass is 250 g/mol. The molecule has 1 aliphatic rings. The quantitative estimate of drug-likeness (QED) is 0.696. The van der Waals surface area contributed by atoms with Gasteiger partial charge >= 0.3 is 0 Å². The lowest BCUT2D eigenvalue weighted by Crippen LogP contribution is -2.15. The zero-order valence-corrected chi connectivity index (χ0v) is 10.3. The summed E-state index contributed by atoms with van der Waals surface area (Å²) in [7, 11) is 0. The Morgan fingerprint density at radius 1 is 0.947 bits per heavy atom. The first kappa shape index (κ1) is 10.6. The second kappa shape index (κ2) is 3.87.